The van der Waals surface area contributed by atoms with E-state index in [-0.39, 0.29) is 0 Å². The first-order chi connectivity index (χ1) is 7.92. The fourth-order valence-corrected chi connectivity index (χ4v) is 5.17. The largest absolute Gasteiger partial charge is 0.317 e. The second-order valence-corrected chi connectivity index (χ2v) is 6.77. The summed E-state index contributed by atoms with van der Waals surface area (Å²) in [5.41, 5.74) is 1.34. The lowest BCUT2D eigenvalue weighted by molar-refractivity contribution is 0.652. The van der Waals surface area contributed by atoms with Crippen LogP contribution in [0.1, 0.15) is 4.88 Å². The highest BCUT2D eigenvalue weighted by Crippen LogP contribution is 2.41. The normalized spacial score (nSPS) is 19.1. The van der Waals surface area contributed by atoms with Gasteiger partial charge in [0.25, 0.3) is 0 Å². The summed E-state index contributed by atoms with van der Waals surface area (Å²) >= 11 is 5.47. The van der Waals surface area contributed by atoms with Crippen molar-refractivity contribution < 1.29 is 0 Å². The molecule has 0 atom stereocenters. The predicted octanol–water partition coefficient (Wildman–Crippen LogP) is 3.68. The van der Waals surface area contributed by atoms with Crippen molar-refractivity contribution in [1.29, 1.82) is 0 Å². The maximum atomic E-state index is 4.48. The highest BCUT2D eigenvalue weighted by Gasteiger charge is 2.28. The SMILES string of the molecule is C1=C(c2cc3ccsc3s2)N2CCN=C2S1. The molecule has 2 aromatic rings. The van der Waals surface area contributed by atoms with Crippen LogP contribution in [0.15, 0.2) is 27.9 Å². The van der Waals surface area contributed by atoms with Crippen LogP contribution in [0.3, 0.4) is 0 Å². The lowest BCUT2D eigenvalue weighted by atomic mass is 10.3. The highest BCUT2D eigenvalue weighted by molar-refractivity contribution is 8.16. The number of thiophene rings is 2. The molecular formula is C11H8N2S3. The average molecular weight is 264 g/mol. The molecule has 0 bridgehead atoms. The molecule has 2 aromatic heterocycles. The lowest BCUT2D eigenvalue weighted by Crippen LogP contribution is -2.19. The van der Waals surface area contributed by atoms with E-state index in [1.165, 1.54) is 25.1 Å². The van der Waals surface area contributed by atoms with Crippen LogP contribution < -0.4 is 0 Å². The molecule has 2 nitrogen and oxygen atoms in total. The van der Waals surface area contributed by atoms with E-state index in [0.717, 1.165) is 13.1 Å². The van der Waals surface area contributed by atoms with Gasteiger partial charge in [0.05, 0.1) is 21.1 Å². The van der Waals surface area contributed by atoms with Gasteiger partial charge in [-0.1, -0.05) is 11.8 Å². The second-order valence-electron chi connectivity index (χ2n) is 3.71. The third-order valence-electron chi connectivity index (χ3n) is 2.77. The molecule has 0 radical (unpaired) electrons. The van der Waals surface area contributed by atoms with E-state index in [4.69, 9.17) is 0 Å². The second kappa shape index (κ2) is 3.35. The van der Waals surface area contributed by atoms with Gasteiger partial charge in [-0.05, 0) is 17.5 Å². The number of fused-ring (bicyclic) bond motifs is 2. The Bertz CT molecular complexity index is 591. The van der Waals surface area contributed by atoms with E-state index >= 15 is 0 Å². The van der Waals surface area contributed by atoms with Crippen LogP contribution in [0, 0.1) is 0 Å². The molecular weight excluding hydrogens is 256 g/mol. The van der Waals surface area contributed by atoms with Crippen LogP contribution in [-0.2, 0) is 0 Å². The molecule has 0 unspecified atom stereocenters. The Labute approximate surface area is 105 Å². The van der Waals surface area contributed by atoms with Crippen LogP contribution in [-0.4, -0.2) is 23.2 Å². The van der Waals surface area contributed by atoms with Gasteiger partial charge in [0.2, 0.25) is 0 Å². The molecule has 80 valence electrons. The van der Waals surface area contributed by atoms with E-state index < -0.39 is 0 Å². The van der Waals surface area contributed by atoms with Crippen molar-refractivity contribution in [2.24, 2.45) is 4.99 Å². The predicted molar refractivity (Wildman–Crippen MR) is 74.3 cm³/mol. The van der Waals surface area contributed by atoms with Gasteiger partial charge < -0.3 is 4.90 Å². The van der Waals surface area contributed by atoms with E-state index in [9.17, 15) is 0 Å². The van der Waals surface area contributed by atoms with Crippen LogP contribution in [0.5, 0.6) is 0 Å². The zero-order chi connectivity index (χ0) is 10.5. The highest BCUT2D eigenvalue weighted by atomic mass is 32.2. The van der Waals surface area contributed by atoms with E-state index in [1.54, 1.807) is 11.8 Å². The first-order valence-corrected chi connectivity index (χ1v) is 7.66. The van der Waals surface area contributed by atoms with Crippen molar-refractivity contribution in [3.05, 3.63) is 27.8 Å². The minimum Gasteiger partial charge on any atom is -0.317 e. The maximum absolute atomic E-state index is 4.48. The molecule has 4 rings (SSSR count). The summed E-state index contributed by atoms with van der Waals surface area (Å²) in [6, 6.07) is 4.49. The van der Waals surface area contributed by atoms with Crippen molar-refractivity contribution in [3.8, 4) is 0 Å². The number of nitrogens with zero attached hydrogens (tertiary/aromatic N) is 2. The zero-order valence-electron chi connectivity index (χ0n) is 8.34. The van der Waals surface area contributed by atoms with Crippen molar-refractivity contribution in [3.63, 3.8) is 0 Å². The topological polar surface area (TPSA) is 15.6 Å². The van der Waals surface area contributed by atoms with Gasteiger partial charge in [-0.15, -0.1) is 22.7 Å². The number of hydrogen-bond acceptors (Lipinski definition) is 5. The third-order valence-corrected chi connectivity index (χ3v) is 5.90. The average Bonchev–Trinajstić information content (AvgIpc) is 2.95. The van der Waals surface area contributed by atoms with Crippen LogP contribution in [0.4, 0.5) is 0 Å². The molecule has 0 fully saturated rings. The summed E-state index contributed by atoms with van der Waals surface area (Å²) in [6.45, 7) is 1.99. The molecule has 16 heavy (non-hydrogen) atoms. The van der Waals surface area contributed by atoms with Gasteiger partial charge in [0.15, 0.2) is 5.17 Å². The number of hydrogen-bond donors (Lipinski definition) is 0. The van der Waals surface area contributed by atoms with Crippen LogP contribution >= 0.6 is 34.4 Å². The Morgan fingerprint density at radius 2 is 2.38 bits per heavy atom. The van der Waals surface area contributed by atoms with Crippen molar-refractivity contribution in [2.75, 3.05) is 13.1 Å². The number of aliphatic imine (C=N–C) groups is 1. The quantitative estimate of drug-likeness (QED) is 0.781. The van der Waals surface area contributed by atoms with Crippen molar-refractivity contribution in [1.82, 2.24) is 4.90 Å². The standard InChI is InChI=1S/C11H8N2S3/c1-4-14-10-7(1)5-9(16-10)8-6-15-11-12-2-3-13(8)11/h1,4-6H,2-3H2. The molecule has 2 aliphatic rings. The van der Waals surface area contributed by atoms with E-state index in [1.807, 2.05) is 22.7 Å². The Morgan fingerprint density at radius 1 is 1.38 bits per heavy atom. The summed E-state index contributed by atoms with van der Waals surface area (Å²) in [5.74, 6) is 0. The van der Waals surface area contributed by atoms with Crippen LogP contribution in [0.25, 0.3) is 15.1 Å². The monoisotopic (exact) mass is 264 g/mol. The number of thioether (sulfide) groups is 1. The molecule has 0 saturated heterocycles. The minimum atomic E-state index is 0.944. The molecule has 0 aromatic carbocycles. The van der Waals surface area contributed by atoms with Gasteiger partial charge in [-0.25, -0.2) is 0 Å². The molecule has 0 saturated carbocycles. The molecule has 4 heterocycles. The summed E-state index contributed by atoms with van der Waals surface area (Å²) in [6.07, 6.45) is 0. The number of rotatable bonds is 1. The first-order valence-electron chi connectivity index (χ1n) is 5.08. The van der Waals surface area contributed by atoms with Gasteiger partial charge in [-0.2, -0.15) is 0 Å². The van der Waals surface area contributed by atoms with E-state index in [0.29, 0.717) is 0 Å². The lowest BCUT2D eigenvalue weighted by Gasteiger charge is -2.14. The summed E-state index contributed by atoms with van der Waals surface area (Å²) in [5, 5.41) is 6.94. The molecule has 2 aliphatic heterocycles. The molecule has 0 spiro atoms. The fraction of sp³-hybridized carbons (Fsp3) is 0.182. The van der Waals surface area contributed by atoms with Crippen molar-refractivity contribution in [2.45, 2.75) is 0 Å². The third kappa shape index (κ3) is 1.22. The Kier molecular flexibility index (Phi) is 1.94. The van der Waals surface area contributed by atoms with Gasteiger partial charge in [0.1, 0.15) is 0 Å². The summed E-state index contributed by atoms with van der Waals surface area (Å²) < 4.78 is 1.42. The Balaban J connectivity index is 1.81. The minimum absolute atomic E-state index is 0.944. The fourth-order valence-electron chi connectivity index (χ4n) is 2.01. The summed E-state index contributed by atoms with van der Waals surface area (Å²) in [4.78, 5) is 8.19. The number of amidine groups is 1. The van der Waals surface area contributed by atoms with Gasteiger partial charge >= 0.3 is 0 Å². The molecule has 0 N–H and O–H groups in total. The maximum Gasteiger partial charge on any atom is 0.168 e. The molecule has 0 aliphatic carbocycles. The van der Waals surface area contributed by atoms with Gasteiger partial charge in [0, 0.05) is 17.3 Å². The molecule has 5 heteroatoms. The van der Waals surface area contributed by atoms with Crippen molar-refractivity contribution >= 4 is 54.7 Å². The smallest absolute Gasteiger partial charge is 0.168 e. The Hall–Kier alpha value is -0.780. The van der Waals surface area contributed by atoms with Crippen LogP contribution in [0.2, 0.25) is 0 Å². The Morgan fingerprint density at radius 3 is 3.31 bits per heavy atom. The zero-order valence-corrected chi connectivity index (χ0v) is 10.8. The summed E-state index contributed by atoms with van der Waals surface area (Å²) in [7, 11) is 0. The van der Waals surface area contributed by atoms with E-state index in [2.05, 4.69) is 32.8 Å². The van der Waals surface area contributed by atoms with Gasteiger partial charge in [-0.3, -0.25) is 4.99 Å². The first kappa shape index (κ1) is 9.27. The molecule has 0 amide bonds.